The SMILES string of the molecule is CCOc1ccc(CC(=O)N2CCN(c3ccnc(C(F)(F)F)c3)C(=O)C2)cc1. The Morgan fingerprint density at radius 2 is 1.90 bits per heavy atom. The number of pyridine rings is 1. The van der Waals surface area contributed by atoms with Gasteiger partial charge in [0.15, 0.2) is 0 Å². The van der Waals surface area contributed by atoms with Crippen LogP contribution in [-0.4, -0.2) is 47.9 Å². The number of piperazine rings is 1. The standard InChI is InChI=1S/C20H20F3N3O3/c1-2-29-16-5-3-14(4-6-16)11-18(27)25-9-10-26(19(28)13-25)15-7-8-24-17(12-15)20(21,22)23/h3-8,12H,2,9-11,13H2,1H3. The number of aromatic nitrogens is 1. The van der Waals surface area contributed by atoms with E-state index in [-0.39, 0.29) is 37.6 Å². The second kappa shape index (κ2) is 8.50. The lowest BCUT2D eigenvalue weighted by Crippen LogP contribution is -2.52. The van der Waals surface area contributed by atoms with Crippen molar-refractivity contribution in [2.24, 2.45) is 0 Å². The van der Waals surface area contributed by atoms with Crippen LogP contribution in [0.15, 0.2) is 42.6 Å². The van der Waals surface area contributed by atoms with E-state index in [4.69, 9.17) is 4.74 Å². The number of halogens is 3. The summed E-state index contributed by atoms with van der Waals surface area (Å²) in [5.41, 5.74) is -0.148. The van der Waals surface area contributed by atoms with Crippen molar-refractivity contribution in [3.05, 3.63) is 53.9 Å². The van der Waals surface area contributed by atoms with Gasteiger partial charge in [-0.3, -0.25) is 14.6 Å². The largest absolute Gasteiger partial charge is 0.494 e. The Hall–Kier alpha value is -3.10. The third-order valence-corrected chi connectivity index (χ3v) is 4.51. The van der Waals surface area contributed by atoms with Gasteiger partial charge in [0, 0.05) is 25.0 Å². The topological polar surface area (TPSA) is 62.7 Å². The minimum absolute atomic E-state index is 0.120. The Bertz CT molecular complexity index is 885. The van der Waals surface area contributed by atoms with Crippen LogP contribution in [0.4, 0.5) is 18.9 Å². The van der Waals surface area contributed by atoms with Crippen molar-refractivity contribution in [2.45, 2.75) is 19.5 Å². The summed E-state index contributed by atoms with van der Waals surface area (Å²) in [5.74, 6) is 0.0616. The number of nitrogens with zero attached hydrogens (tertiary/aromatic N) is 3. The zero-order chi connectivity index (χ0) is 21.0. The fourth-order valence-corrected chi connectivity index (χ4v) is 3.06. The van der Waals surface area contributed by atoms with Gasteiger partial charge in [0.25, 0.3) is 0 Å². The summed E-state index contributed by atoms with van der Waals surface area (Å²) in [6, 6.07) is 9.32. The van der Waals surface area contributed by atoms with Crippen LogP contribution >= 0.6 is 0 Å². The first-order chi connectivity index (χ1) is 13.8. The number of carbonyl (C=O) groups excluding carboxylic acids is 2. The van der Waals surface area contributed by atoms with E-state index >= 15 is 0 Å². The first kappa shape index (κ1) is 20.6. The quantitative estimate of drug-likeness (QED) is 0.765. The van der Waals surface area contributed by atoms with Gasteiger partial charge < -0.3 is 14.5 Å². The molecule has 1 aliphatic rings. The summed E-state index contributed by atoms with van der Waals surface area (Å²) < 4.78 is 43.9. The maximum atomic E-state index is 12.8. The maximum absolute atomic E-state index is 12.8. The van der Waals surface area contributed by atoms with Gasteiger partial charge in [0.1, 0.15) is 18.0 Å². The molecule has 2 aromatic rings. The van der Waals surface area contributed by atoms with Gasteiger partial charge in [-0.25, -0.2) is 0 Å². The number of rotatable bonds is 5. The van der Waals surface area contributed by atoms with Crippen molar-refractivity contribution in [2.75, 3.05) is 31.1 Å². The molecule has 0 bridgehead atoms. The van der Waals surface area contributed by atoms with E-state index in [2.05, 4.69) is 4.98 Å². The van der Waals surface area contributed by atoms with Crippen LogP contribution in [-0.2, 0) is 22.2 Å². The number of alkyl halides is 3. The number of hydrogen-bond acceptors (Lipinski definition) is 4. The van der Waals surface area contributed by atoms with Crippen molar-refractivity contribution in [1.29, 1.82) is 0 Å². The molecular formula is C20H20F3N3O3. The molecular weight excluding hydrogens is 387 g/mol. The molecule has 0 spiro atoms. The van der Waals surface area contributed by atoms with Gasteiger partial charge in [-0.1, -0.05) is 12.1 Å². The van der Waals surface area contributed by atoms with Gasteiger partial charge in [0.05, 0.1) is 13.0 Å². The lowest BCUT2D eigenvalue weighted by Gasteiger charge is -2.34. The predicted molar refractivity (Wildman–Crippen MR) is 99.5 cm³/mol. The van der Waals surface area contributed by atoms with E-state index in [9.17, 15) is 22.8 Å². The van der Waals surface area contributed by atoms with Crippen LogP contribution in [0.2, 0.25) is 0 Å². The molecule has 9 heteroatoms. The van der Waals surface area contributed by atoms with Gasteiger partial charge in [-0.2, -0.15) is 13.2 Å². The summed E-state index contributed by atoms with van der Waals surface area (Å²) in [6.45, 7) is 2.61. The highest BCUT2D eigenvalue weighted by Gasteiger charge is 2.34. The molecule has 1 aromatic carbocycles. The zero-order valence-corrected chi connectivity index (χ0v) is 15.8. The number of ether oxygens (including phenoxy) is 1. The third-order valence-electron chi connectivity index (χ3n) is 4.51. The number of anilines is 1. The molecule has 1 saturated heterocycles. The van der Waals surface area contributed by atoms with E-state index in [1.807, 2.05) is 6.92 Å². The molecule has 2 heterocycles. The molecule has 1 aromatic heterocycles. The number of carbonyl (C=O) groups is 2. The predicted octanol–water partition coefficient (Wildman–Crippen LogP) is 2.92. The Morgan fingerprint density at radius 3 is 2.52 bits per heavy atom. The average Bonchev–Trinajstić information content (AvgIpc) is 2.69. The van der Waals surface area contributed by atoms with E-state index in [1.54, 1.807) is 24.3 Å². The lowest BCUT2D eigenvalue weighted by molar-refractivity contribution is -0.141. The molecule has 0 aliphatic carbocycles. The fraction of sp³-hybridized carbons (Fsp3) is 0.350. The molecule has 0 saturated carbocycles. The summed E-state index contributed by atoms with van der Waals surface area (Å²) in [7, 11) is 0. The minimum Gasteiger partial charge on any atom is -0.494 e. The second-order valence-corrected chi connectivity index (χ2v) is 6.51. The molecule has 0 radical (unpaired) electrons. The highest BCUT2D eigenvalue weighted by Crippen LogP contribution is 2.30. The fourth-order valence-electron chi connectivity index (χ4n) is 3.06. The molecule has 0 N–H and O–H groups in total. The van der Waals surface area contributed by atoms with Crippen LogP contribution in [0, 0.1) is 0 Å². The van der Waals surface area contributed by atoms with Crippen molar-refractivity contribution in [3.8, 4) is 5.75 Å². The zero-order valence-electron chi connectivity index (χ0n) is 15.8. The van der Waals surface area contributed by atoms with Gasteiger partial charge in [-0.15, -0.1) is 0 Å². The van der Waals surface area contributed by atoms with Crippen LogP contribution < -0.4 is 9.64 Å². The average molecular weight is 407 g/mol. The first-order valence-corrected chi connectivity index (χ1v) is 9.11. The molecule has 154 valence electrons. The van der Waals surface area contributed by atoms with Crippen molar-refractivity contribution in [1.82, 2.24) is 9.88 Å². The molecule has 29 heavy (non-hydrogen) atoms. The molecule has 0 unspecified atom stereocenters. The lowest BCUT2D eigenvalue weighted by atomic mass is 10.1. The Balaban J connectivity index is 1.62. The first-order valence-electron chi connectivity index (χ1n) is 9.11. The second-order valence-electron chi connectivity index (χ2n) is 6.51. The Morgan fingerprint density at radius 1 is 1.17 bits per heavy atom. The summed E-state index contributed by atoms with van der Waals surface area (Å²) in [6.07, 6.45) is -3.43. The Labute approximate surface area is 165 Å². The number of amides is 2. The summed E-state index contributed by atoms with van der Waals surface area (Å²) in [4.78, 5) is 30.9. The summed E-state index contributed by atoms with van der Waals surface area (Å²) in [5, 5.41) is 0. The summed E-state index contributed by atoms with van der Waals surface area (Å²) >= 11 is 0. The van der Waals surface area contributed by atoms with E-state index in [0.29, 0.717) is 12.4 Å². The van der Waals surface area contributed by atoms with Crippen LogP contribution in [0.1, 0.15) is 18.2 Å². The van der Waals surface area contributed by atoms with Crippen LogP contribution in [0.5, 0.6) is 5.75 Å². The van der Waals surface area contributed by atoms with E-state index in [1.165, 1.54) is 15.9 Å². The number of hydrogen-bond donors (Lipinski definition) is 0. The monoisotopic (exact) mass is 407 g/mol. The van der Waals surface area contributed by atoms with Crippen LogP contribution in [0.25, 0.3) is 0 Å². The minimum atomic E-state index is -4.59. The highest BCUT2D eigenvalue weighted by atomic mass is 19.4. The van der Waals surface area contributed by atoms with E-state index in [0.717, 1.165) is 17.8 Å². The molecule has 3 rings (SSSR count). The maximum Gasteiger partial charge on any atom is 0.433 e. The molecule has 1 fully saturated rings. The Kier molecular flexibility index (Phi) is 6.05. The van der Waals surface area contributed by atoms with Gasteiger partial charge >= 0.3 is 6.18 Å². The van der Waals surface area contributed by atoms with Crippen molar-refractivity contribution < 1.29 is 27.5 Å². The third kappa shape index (κ3) is 5.04. The van der Waals surface area contributed by atoms with Crippen molar-refractivity contribution in [3.63, 3.8) is 0 Å². The smallest absolute Gasteiger partial charge is 0.433 e. The highest BCUT2D eigenvalue weighted by molar-refractivity contribution is 5.98. The van der Waals surface area contributed by atoms with Crippen LogP contribution in [0.3, 0.4) is 0 Å². The van der Waals surface area contributed by atoms with Gasteiger partial charge in [0.2, 0.25) is 11.8 Å². The molecule has 6 nitrogen and oxygen atoms in total. The molecule has 0 atom stereocenters. The number of benzene rings is 1. The normalized spacial score (nSPS) is 14.8. The van der Waals surface area contributed by atoms with Gasteiger partial charge in [-0.05, 0) is 36.8 Å². The molecule has 2 amide bonds. The van der Waals surface area contributed by atoms with Crippen molar-refractivity contribution >= 4 is 17.5 Å². The molecule has 1 aliphatic heterocycles. The van der Waals surface area contributed by atoms with E-state index < -0.39 is 17.8 Å².